The van der Waals surface area contributed by atoms with Crippen molar-refractivity contribution in [3.8, 4) is 0 Å². The van der Waals surface area contributed by atoms with Crippen molar-refractivity contribution in [3.63, 3.8) is 0 Å². The highest BCUT2D eigenvalue weighted by molar-refractivity contribution is 14.1. The van der Waals surface area contributed by atoms with Gasteiger partial charge in [-0.1, -0.05) is 0 Å². The average Bonchev–Trinajstić information content (AvgIpc) is 2.09. The van der Waals surface area contributed by atoms with Crippen molar-refractivity contribution in [1.29, 1.82) is 0 Å². The molecule has 1 heterocycles. The molecule has 1 aromatic heterocycles. The lowest BCUT2D eigenvalue weighted by Gasteiger charge is -1.91. The fourth-order valence-corrected chi connectivity index (χ4v) is 2.05. The van der Waals surface area contributed by atoms with Gasteiger partial charge in [0.1, 0.15) is 0 Å². The molecule has 1 rings (SSSR count). The quantitative estimate of drug-likeness (QED) is 0.555. The molecule has 0 saturated heterocycles. The molecule has 0 amide bonds. The van der Waals surface area contributed by atoms with E-state index in [1.807, 2.05) is 17.8 Å². The van der Waals surface area contributed by atoms with E-state index in [9.17, 15) is 4.79 Å². The zero-order valence-electron chi connectivity index (χ0n) is 5.27. The Balaban J connectivity index is 3.33. The van der Waals surface area contributed by atoms with Crippen LogP contribution in [-0.2, 0) is 7.05 Å². The van der Waals surface area contributed by atoms with Crippen LogP contribution in [0.4, 0.5) is 0 Å². The Labute approximate surface area is 86.3 Å². The molecular weight excluding hydrogens is 356 g/mol. The van der Waals surface area contributed by atoms with Crippen molar-refractivity contribution in [2.45, 2.75) is 0 Å². The number of halogens is 2. The van der Waals surface area contributed by atoms with E-state index in [0.717, 1.165) is 19.1 Å². The minimum atomic E-state index is 0.755. The number of carbonyl (C=O) groups excluding carboxylic acids is 1. The van der Waals surface area contributed by atoms with Crippen LogP contribution in [0, 0.1) is 7.14 Å². The van der Waals surface area contributed by atoms with Crippen LogP contribution in [0.15, 0.2) is 6.20 Å². The zero-order chi connectivity index (χ0) is 7.72. The highest BCUT2D eigenvalue weighted by Gasteiger charge is 2.06. The molecule has 0 aliphatic heterocycles. The van der Waals surface area contributed by atoms with Crippen molar-refractivity contribution in [2.75, 3.05) is 0 Å². The van der Waals surface area contributed by atoms with E-state index in [1.165, 1.54) is 0 Å². The summed E-state index contributed by atoms with van der Waals surface area (Å²) in [5.74, 6) is 0. The summed E-state index contributed by atoms with van der Waals surface area (Å²) < 4.78 is 4.00. The van der Waals surface area contributed by atoms with E-state index >= 15 is 0 Å². The third-order valence-corrected chi connectivity index (χ3v) is 4.22. The average molecular weight is 361 g/mol. The predicted molar refractivity (Wildman–Crippen MR) is 56.2 cm³/mol. The van der Waals surface area contributed by atoms with E-state index in [2.05, 4.69) is 45.2 Å². The number of aldehydes is 1. The number of aromatic nitrogens is 1. The lowest BCUT2D eigenvalue weighted by atomic mass is 10.5. The van der Waals surface area contributed by atoms with Gasteiger partial charge in [0, 0.05) is 16.8 Å². The Morgan fingerprint density at radius 2 is 2.20 bits per heavy atom. The summed E-state index contributed by atoms with van der Waals surface area (Å²) in [7, 11) is 1.87. The summed E-state index contributed by atoms with van der Waals surface area (Å²) in [6, 6.07) is 0. The molecular formula is C6H5I2NO. The molecule has 1 aromatic rings. The van der Waals surface area contributed by atoms with Gasteiger partial charge in [0.25, 0.3) is 0 Å². The van der Waals surface area contributed by atoms with E-state index in [0.29, 0.717) is 0 Å². The first-order valence-corrected chi connectivity index (χ1v) is 4.78. The van der Waals surface area contributed by atoms with Crippen molar-refractivity contribution < 1.29 is 4.79 Å². The van der Waals surface area contributed by atoms with E-state index < -0.39 is 0 Å². The molecule has 0 aliphatic rings. The third kappa shape index (κ3) is 1.36. The summed E-state index contributed by atoms with van der Waals surface area (Å²) in [5, 5.41) is 0. The molecule has 0 unspecified atom stereocenters. The molecule has 4 heteroatoms. The van der Waals surface area contributed by atoms with Crippen LogP contribution in [-0.4, -0.2) is 10.9 Å². The fraction of sp³-hybridized carbons (Fsp3) is 0.167. The third-order valence-electron chi connectivity index (χ3n) is 1.23. The monoisotopic (exact) mass is 361 g/mol. The first-order chi connectivity index (χ1) is 4.66. The molecule has 54 valence electrons. The van der Waals surface area contributed by atoms with Crippen LogP contribution < -0.4 is 0 Å². The highest BCUT2D eigenvalue weighted by atomic mass is 127. The standard InChI is InChI=1S/C6H5I2NO/c1-9-2-4(7)6(8)5(9)3-10/h2-3H,1H3. The predicted octanol–water partition coefficient (Wildman–Crippen LogP) is 2.05. The molecule has 0 spiro atoms. The van der Waals surface area contributed by atoms with Crippen LogP contribution in [0.5, 0.6) is 0 Å². The minimum absolute atomic E-state index is 0.755. The second-order valence-corrected chi connectivity index (χ2v) is 4.15. The number of hydrogen-bond acceptors (Lipinski definition) is 1. The van der Waals surface area contributed by atoms with Gasteiger partial charge >= 0.3 is 0 Å². The van der Waals surface area contributed by atoms with Gasteiger partial charge in [0.05, 0.1) is 9.26 Å². The molecule has 0 bridgehead atoms. The molecule has 0 aliphatic carbocycles. The van der Waals surface area contributed by atoms with Gasteiger partial charge in [0.15, 0.2) is 6.29 Å². The topological polar surface area (TPSA) is 22.0 Å². The minimum Gasteiger partial charge on any atom is -0.346 e. The summed E-state index contributed by atoms with van der Waals surface area (Å²) >= 11 is 4.37. The second kappa shape index (κ2) is 3.21. The Kier molecular flexibility index (Phi) is 2.73. The summed E-state index contributed by atoms with van der Waals surface area (Å²) in [4.78, 5) is 10.4. The molecule has 0 N–H and O–H groups in total. The SMILES string of the molecule is Cn1cc(I)c(I)c1C=O. The molecule has 2 nitrogen and oxygen atoms in total. The number of carbonyl (C=O) groups is 1. The summed E-state index contributed by atoms with van der Waals surface area (Å²) in [6.07, 6.45) is 2.82. The lowest BCUT2D eigenvalue weighted by Crippen LogP contribution is -1.93. The Morgan fingerprint density at radius 1 is 1.60 bits per heavy atom. The van der Waals surface area contributed by atoms with Crippen molar-refractivity contribution in [1.82, 2.24) is 4.57 Å². The molecule has 0 atom stereocenters. The molecule has 0 fully saturated rings. The van der Waals surface area contributed by atoms with Crippen LogP contribution >= 0.6 is 45.2 Å². The van der Waals surface area contributed by atoms with E-state index in [1.54, 1.807) is 0 Å². The summed E-state index contributed by atoms with van der Waals surface area (Å²) in [5.41, 5.74) is 0.755. The first-order valence-electron chi connectivity index (χ1n) is 2.62. The fourth-order valence-electron chi connectivity index (χ4n) is 0.708. The summed E-state index contributed by atoms with van der Waals surface area (Å²) in [6.45, 7) is 0. The molecule has 10 heavy (non-hydrogen) atoms. The van der Waals surface area contributed by atoms with E-state index in [-0.39, 0.29) is 0 Å². The lowest BCUT2D eigenvalue weighted by molar-refractivity contribution is 0.111. The van der Waals surface area contributed by atoms with Crippen LogP contribution in [0.2, 0.25) is 0 Å². The Bertz CT molecular complexity index is 267. The molecule has 0 saturated carbocycles. The number of hydrogen-bond donors (Lipinski definition) is 0. The van der Waals surface area contributed by atoms with E-state index in [4.69, 9.17) is 0 Å². The van der Waals surface area contributed by atoms with Crippen molar-refractivity contribution in [3.05, 3.63) is 19.0 Å². The van der Waals surface area contributed by atoms with Gasteiger partial charge in [-0.25, -0.2) is 0 Å². The number of rotatable bonds is 1. The van der Waals surface area contributed by atoms with Gasteiger partial charge in [-0.05, 0) is 45.2 Å². The van der Waals surface area contributed by atoms with Crippen molar-refractivity contribution in [2.24, 2.45) is 7.05 Å². The van der Waals surface area contributed by atoms with Gasteiger partial charge in [-0.15, -0.1) is 0 Å². The zero-order valence-corrected chi connectivity index (χ0v) is 9.58. The first kappa shape index (κ1) is 8.51. The van der Waals surface area contributed by atoms with Crippen LogP contribution in [0.1, 0.15) is 10.5 Å². The number of aryl methyl sites for hydroxylation is 1. The Morgan fingerprint density at radius 3 is 2.40 bits per heavy atom. The smallest absolute Gasteiger partial charge is 0.167 e. The molecule has 0 radical (unpaired) electrons. The van der Waals surface area contributed by atoms with Crippen LogP contribution in [0.3, 0.4) is 0 Å². The van der Waals surface area contributed by atoms with Gasteiger partial charge in [0.2, 0.25) is 0 Å². The normalized spacial score (nSPS) is 9.90. The maximum absolute atomic E-state index is 10.4. The maximum Gasteiger partial charge on any atom is 0.167 e. The molecule has 0 aromatic carbocycles. The largest absolute Gasteiger partial charge is 0.346 e. The number of nitrogens with zero attached hydrogens (tertiary/aromatic N) is 1. The van der Waals surface area contributed by atoms with Crippen molar-refractivity contribution >= 4 is 51.5 Å². The second-order valence-electron chi connectivity index (χ2n) is 1.91. The van der Waals surface area contributed by atoms with Gasteiger partial charge in [-0.3, -0.25) is 4.79 Å². The van der Waals surface area contributed by atoms with Gasteiger partial charge in [-0.2, -0.15) is 0 Å². The maximum atomic E-state index is 10.4. The van der Waals surface area contributed by atoms with Crippen LogP contribution in [0.25, 0.3) is 0 Å². The van der Waals surface area contributed by atoms with Gasteiger partial charge < -0.3 is 4.57 Å². The highest BCUT2D eigenvalue weighted by Crippen LogP contribution is 2.18. The Hall–Kier alpha value is 0.410.